The molecular weight excluding hydrogens is 358 g/mol. The second-order valence-corrected chi connectivity index (χ2v) is 5.76. The lowest BCUT2D eigenvalue weighted by Crippen LogP contribution is -2.20. The molecule has 0 aliphatic heterocycles. The molecule has 2 aromatic carbocycles. The molecule has 0 unspecified atom stereocenters. The highest BCUT2D eigenvalue weighted by Crippen LogP contribution is 2.17. The molecule has 0 bridgehead atoms. The fourth-order valence-corrected chi connectivity index (χ4v) is 2.37. The van der Waals surface area contributed by atoms with Crippen molar-refractivity contribution < 1.29 is 19.1 Å². The minimum absolute atomic E-state index is 0.156. The fraction of sp³-hybridized carbons (Fsp3) is 0.0952. The molecule has 3 rings (SSSR count). The van der Waals surface area contributed by atoms with Gasteiger partial charge in [0.25, 0.3) is 11.8 Å². The molecule has 3 aromatic rings. The van der Waals surface area contributed by atoms with Crippen LogP contribution in [0.1, 0.15) is 10.4 Å². The predicted octanol–water partition coefficient (Wildman–Crippen LogP) is 3.36. The minimum atomic E-state index is -0.301. The van der Waals surface area contributed by atoms with Crippen LogP contribution in [0.4, 0.5) is 11.5 Å². The van der Waals surface area contributed by atoms with Crippen molar-refractivity contribution in [3.63, 3.8) is 0 Å². The maximum Gasteiger partial charge on any atom is 0.262 e. The first-order valence-corrected chi connectivity index (χ1v) is 8.53. The summed E-state index contributed by atoms with van der Waals surface area (Å²) in [5.74, 6) is 1.03. The Kier molecular flexibility index (Phi) is 6.20. The topological polar surface area (TPSA) is 89.5 Å². The van der Waals surface area contributed by atoms with Crippen LogP contribution in [0.15, 0.2) is 72.9 Å². The van der Waals surface area contributed by atoms with E-state index in [0.717, 1.165) is 0 Å². The van der Waals surface area contributed by atoms with Crippen LogP contribution < -0.4 is 20.1 Å². The molecule has 28 heavy (non-hydrogen) atoms. The van der Waals surface area contributed by atoms with Gasteiger partial charge >= 0.3 is 0 Å². The minimum Gasteiger partial charge on any atom is -0.497 e. The van der Waals surface area contributed by atoms with Crippen molar-refractivity contribution >= 4 is 23.3 Å². The number of benzene rings is 2. The summed E-state index contributed by atoms with van der Waals surface area (Å²) in [4.78, 5) is 28.2. The van der Waals surface area contributed by atoms with Crippen LogP contribution in [0.25, 0.3) is 0 Å². The summed E-state index contributed by atoms with van der Waals surface area (Å²) < 4.78 is 10.6. The van der Waals surface area contributed by atoms with Gasteiger partial charge in [-0.15, -0.1) is 0 Å². The standard InChI is InChI=1S/C21H19N3O4/c1-27-18-6-4-5-16(13-18)23-20(25)14-28-17-10-8-15(9-11-17)21(26)24-19-7-2-3-12-22-19/h2-13H,14H2,1H3,(H,23,25)(H,22,24,26). The Morgan fingerprint density at radius 1 is 0.929 bits per heavy atom. The van der Waals surface area contributed by atoms with Gasteiger partial charge in [0.2, 0.25) is 0 Å². The van der Waals surface area contributed by atoms with E-state index in [1.807, 2.05) is 0 Å². The summed E-state index contributed by atoms with van der Waals surface area (Å²) in [6.45, 7) is -0.156. The highest BCUT2D eigenvalue weighted by molar-refractivity contribution is 6.03. The van der Waals surface area contributed by atoms with Gasteiger partial charge in [-0.05, 0) is 48.5 Å². The van der Waals surface area contributed by atoms with E-state index in [-0.39, 0.29) is 18.4 Å². The van der Waals surface area contributed by atoms with E-state index < -0.39 is 0 Å². The number of amides is 2. The number of carbonyl (C=O) groups is 2. The second kappa shape index (κ2) is 9.18. The average Bonchev–Trinajstić information content (AvgIpc) is 2.73. The van der Waals surface area contributed by atoms with Crippen molar-refractivity contribution in [1.29, 1.82) is 0 Å². The third-order valence-corrected chi connectivity index (χ3v) is 3.75. The molecule has 0 fully saturated rings. The molecule has 7 nitrogen and oxygen atoms in total. The predicted molar refractivity (Wildman–Crippen MR) is 106 cm³/mol. The maximum absolute atomic E-state index is 12.2. The largest absolute Gasteiger partial charge is 0.497 e. The molecule has 0 spiro atoms. The lowest BCUT2D eigenvalue weighted by Gasteiger charge is -2.09. The van der Waals surface area contributed by atoms with Gasteiger partial charge in [0.05, 0.1) is 7.11 Å². The highest BCUT2D eigenvalue weighted by Gasteiger charge is 2.08. The molecule has 0 saturated carbocycles. The van der Waals surface area contributed by atoms with E-state index in [1.165, 1.54) is 0 Å². The first-order valence-electron chi connectivity index (χ1n) is 8.53. The SMILES string of the molecule is COc1cccc(NC(=O)COc2ccc(C(=O)Nc3ccccn3)cc2)c1. The number of nitrogens with zero attached hydrogens (tertiary/aromatic N) is 1. The summed E-state index contributed by atoms with van der Waals surface area (Å²) in [6, 6.07) is 18.8. The summed E-state index contributed by atoms with van der Waals surface area (Å²) in [6.07, 6.45) is 1.60. The van der Waals surface area contributed by atoms with Crippen molar-refractivity contribution in [2.24, 2.45) is 0 Å². The molecule has 2 amide bonds. The van der Waals surface area contributed by atoms with Crippen molar-refractivity contribution in [3.05, 3.63) is 78.5 Å². The number of rotatable bonds is 7. The lowest BCUT2D eigenvalue weighted by atomic mass is 10.2. The molecule has 7 heteroatoms. The number of methoxy groups -OCH3 is 1. The van der Waals surface area contributed by atoms with Crippen LogP contribution in [-0.4, -0.2) is 30.5 Å². The second-order valence-electron chi connectivity index (χ2n) is 5.76. The first kappa shape index (κ1) is 18.9. The maximum atomic E-state index is 12.2. The zero-order valence-electron chi connectivity index (χ0n) is 15.2. The molecule has 142 valence electrons. The van der Waals surface area contributed by atoms with Gasteiger partial charge < -0.3 is 20.1 Å². The molecule has 1 heterocycles. The number of ether oxygens (including phenoxy) is 2. The zero-order valence-corrected chi connectivity index (χ0v) is 15.2. The van der Waals surface area contributed by atoms with Crippen molar-refractivity contribution in [2.75, 3.05) is 24.4 Å². The van der Waals surface area contributed by atoms with E-state index in [2.05, 4.69) is 15.6 Å². The van der Waals surface area contributed by atoms with E-state index in [0.29, 0.717) is 28.6 Å². The van der Waals surface area contributed by atoms with E-state index in [9.17, 15) is 9.59 Å². The quantitative estimate of drug-likeness (QED) is 0.659. The number of carbonyl (C=O) groups excluding carboxylic acids is 2. The Morgan fingerprint density at radius 3 is 2.46 bits per heavy atom. The Morgan fingerprint density at radius 2 is 1.75 bits per heavy atom. The van der Waals surface area contributed by atoms with Crippen LogP contribution in [-0.2, 0) is 4.79 Å². The molecule has 0 aliphatic carbocycles. The Bertz CT molecular complexity index is 943. The molecule has 0 aliphatic rings. The summed E-state index contributed by atoms with van der Waals surface area (Å²) in [7, 11) is 1.56. The number of nitrogens with one attached hydrogen (secondary N) is 2. The molecule has 2 N–H and O–H groups in total. The van der Waals surface area contributed by atoms with Gasteiger partial charge in [0.15, 0.2) is 6.61 Å². The molecule has 0 atom stereocenters. The van der Waals surface area contributed by atoms with Gasteiger partial charge in [-0.2, -0.15) is 0 Å². The van der Waals surface area contributed by atoms with E-state index in [4.69, 9.17) is 9.47 Å². The molecule has 1 aromatic heterocycles. The lowest BCUT2D eigenvalue weighted by molar-refractivity contribution is -0.118. The van der Waals surface area contributed by atoms with Crippen LogP contribution in [0, 0.1) is 0 Å². The van der Waals surface area contributed by atoms with Gasteiger partial charge in [-0.3, -0.25) is 9.59 Å². The number of hydrogen-bond acceptors (Lipinski definition) is 5. The molecule has 0 saturated heterocycles. The highest BCUT2D eigenvalue weighted by atomic mass is 16.5. The number of hydrogen-bond donors (Lipinski definition) is 2. The van der Waals surface area contributed by atoms with Gasteiger partial charge in [0.1, 0.15) is 17.3 Å². The summed E-state index contributed by atoms with van der Waals surface area (Å²) in [5, 5.41) is 5.43. The van der Waals surface area contributed by atoms with Gasteiger partial charge in [0, 0.05) is 23.5 Å². The third kappa shape index (κ3) is 5.31. The van der Waals surface area contributed by atoms with Crippen LogP contribution >= 0.6 is 0 Å². The average molecular weight is 377 g/mol. The van der Waals surface area contributed by atoms with Crippen molar-refractivity contribution in [3.8, 4) is 11.5 Å². The third-order valence-electron chi connectivity index (χ3n) is 3.75. The first-order chi connectivity index (χ1) is 13.6. The normalized spacial score (nSPS) is 10.0. The number of aromatic nitrogens is 1. The van der Waals surface area contributed by atoms with Crippen LogP contribution in [0.3, 0.4) is 0 Å². The van der Waals surface area contributed by atoms with Crippen LogP contribution in [0.5, 0.6) is 11.5 Å². The Hall–Kier alpha value is -3.87. The van der Waals surface area contributed by atoms with E-state index >= 15 is 0 Å². The molecular formula is C21H19N3O4. The Labute approximate surface area is 162 Å². The monoisotopic (exact) mass is 377 g/mol. The fourth-order valence-electron chi connectivity index (χ4n) is 2.37. The van der Waals surface area contributed by atoms with Crippen LogP contribution in [0.2, 0.25) is 0 Å². The van der Waals surface area contributed by atoms with Gasteiger partial charge in [-0.25, -0.2) is 4.98 Å². The van der Waals surface area contributed by atoms with Crippen molar-refractivity contribution in [2.45, 2.75) is 0 Å². The molecule has 0 radical (unpaired) electrons. The van der Waals surface area contributed by atoms with Gasteiger partial charge in [-0.1, -0.05) is 12.1 Å². The summed E-state index contributed by atoms with van der Waals surface area (Å²) >= 11 is 0. The zero-order chi connectivity index (χ0) is 19.8. The smallest absolute Gasteiger partial charge is 0.262 e. The van der Waals surface area contributed by atoms with E-state index in [1.54, 1.807) is 80.0 Å². The van der Waals surface area contributed by atoms with Crippen molar-refractivity contribution in [1.82, 2.24) is 4.98 Å². The summed E-state index contributed by atoms with van der Waals surface area (Å²) in [5.41, 5.74) is 1.08. The number of pyridine rings is 1. The number of anilines is 2. The Balaban J connectivity index is 1.51.